The van der Waals surface area contributed by atoms with Crippen molar-refractivity contribution in [2.45, 2.75) is 51.1 Å². The fraction of sp³-hybridized carbons (Fsp3) is 0.667. The maximum Gasteiger partial charge on any atom is 0.253 e. The van der Waals surface area contributed by atoms with Crippen molar-refractivity contribution >= 4 is 5.91 Å². The Labute approximate surface area is 152 Å². The van der Waals surface area contributed by atoms with Gasteiger partial charge >= 0.3 is 0 Å². The molecular formula is C21H33N3O. The van der Waals surface area contributed by atoms with E-state index in [2.05, 4.69) is 23.8 Å². The average Bonchev–Trinajstić information content (AvgIpc) is 2.67. The molecule has 3 rings (SSSR count). The third-order valence-corrected chi connectivity index (χ3v) is 6.08. The molecule has 2 aliphatic heterocycles. The molecule has 4 nitrogen and oxygen atoms in total. The second-order valence-electron chi connectivity index (χ2n) is 7.75. The minimum atomic E-state index is 0.184. The molecule has 0 saturated carbocycles. The molecule has 0 bridgehead atoms. The van der Waals surface area contributed by atoms with Gasteiger partial charge in [-0.1, -0.05) is 24.6 Å². The molecule has 2 heterocycles. The average molecular weight is 344 g/mol. The molecule has 1 aromatic carbocycles. The van der Waals surface area contributed by atoms with Crippen LogP contribution in [0.25, 0.3) is 0 Å². The van der Waals surface area contributed by atoms with E-state index in [1.165, 1.54) is 32.4 Å². The molecule has 138 valence electrons. The van der Waals surface area contributed by atoms with Crippen molar-refractivity contribution in [3.63, 3.8) is 0 Å². The smallest absolute Gasteiger partial charge is 0.253 e. The Hall–Kier alpha value is -1.39. The van der Waals surface area contributed by atoms with E-state index in [-0.39, 0.29) is 5.91 Å². The van der Waals surface area contributed by atoms with Gasteiger partial charge in [0.05, 0.1) is 0 Å². The zero-order valence-electron chi connectivity index (χ0n) is 15.9. The monoisotopic (exact) mass is 343 g/mol. The first-order valence-electron chi connectivity index (χ1n) is 9.94. The molecule has 0 unspecified atom stereocenters. The molecule has 0 N–H and O–H groups in total. The van der Waals surface area contributed by atoms with Crippen molar-refractivity contribution in [2.75, 3.05) is 39.8 Å². The summed E-state index contributed by atoms with van der Waals surface area (Å²) < 4.78 is 0. The van der Waals surface area contributed by atoms with Gasteiger partial charge in [0.15, 0.2) is 0 Å². The predicted molar refractivity (Wildman–Crippen MR) is 103 cm³/mol. The highest BCUT2D eigenvalue weighted by molar-refractivity contribution is 5.94. The molecular weight excluding hydrogens is 310 g/mol. The molecule has 2 aliphatic rings. The van der Waals surface area contributed by atoms with Gasteiger partial charge in [-0.2, -0.15) is 0 Å². The van der Waals surface area contributed by atoms with E-state index in [0.717, 1.165) is 44.1 Å². The van der Waals surface area contributed by atoms with Crippen LogP contribution < -0.4 is 0 Å². The number of benzene rings is 1. The number of carbonyl (C=O) groups excluding carboxylic acids is 1. The van der Waals surface area contributed by atoms with E-state index in [9.17, 15) is 4.79 Å². The van der Waals surface area contributed by atoms with Crippen LogP contribution in [0.4, 0.5) is 0 Å². The summed E-state index contributed by atoms with van der Waals surface area (Å²) in [5.74, 6) is 0.184. The molecule has 0 spiro atoms. The summed E-state index contributed by atoms with van der Waals surface area (Å²) in [7, 11) is 2.26. The van der Waals surface area contributed by atoms with Crippen LogP contribution >= 0.6 is 0 Å². The number of amides is 1. The number of likely N-dealkylation sites (N-methyl/N-ethyl adjacent to an activating group) is 1. The van der Waals surface area contributed by atoms with Crippen molar-refractivity contribution < 1.29 is 4.79 Å². The van der Waals surface area contributed by atoms with E-state index in [1.807, 2.05) is 35.2 Å². The third kappa shape index (κ3) is 4.83. The largest absolute Gasteiger partial charge is 0.339 e. The number of hydrogen-bond donors (Lipinski definition) is 0. The Bertz CT molecular complexity index is 539. The summed E-state index contributed by atoms with van der Waals surface area (Å²) in [4.78, 5) is 19.7. The fourth-order valence-corrected chi connectivity index (χ4v) is 4.23. The van der Waals surface area contributed by atoms with Crippen LogP contribution in [0, 0.1) is 0 Å². The first-order valence-corrected chi connectivity index (χ1v) is 9.94. The molecule has 0 aromatic heterocycles. The maximum absolute atomic E-state index is 12.6. The highest BCUT2D eigenvalue weighted by atomic mass is 16.2. The van der Waals surface area contributed by atoms with Crippen molar-refractivity contribution in [3.05, 3.63) is 35.9 Å². The summed E-state index contributed by atoms with van der Waals surface area (Å²) in [5, 5.41) is 0. The standard InChI is InChI=1S/C21H33N3O/c1-18-8-6-7-13-23(18)17-16-22(2)20-11-14-24(15-12-20)21(25)19-9-4-3-5-10-19/h3-5,9-10,18,20H,6-8,11-17H2,1-2H3/t18-/m0/s1. The van der Waals surface area contributed by atoms with Gasteiger partial charge in [0.25, 0.3) is 5.91 Å². The zero-order valence-corrected chi connectivity index (χ0v) is 15.9. The molecule has 2 fully saturated rings. The molecule has 1 amide bonds. The maximum atomic E-state index is 12.6. The van der Waals surface area contributed by atoms with Crippen LogP contribution in [0.2, 0.25) is 0 Å². The Balaban J connectivity index is 1.43. The Morgan fingerprint density at radius 2 is 1.80 bits per heavy atom. The van der Waals surface area contributed by atoms with Gasteiger partial charge in [-0.3, -0.25) is 9.69 Å². The van der Waals surface area contributed by atoms with E-state index >= 15 is 0 Å². The van der Waals surface area contributed by atoms with E-state index < -0.39 is 0 Å². The zero-order chi connectivity index (χ0) is 17.6. The topological polar surface area (TPSA) is 26.8 Å². The highest BCUT2D eigenvalue weighted by Gasteiger charge is 2.26. The molecule has 25 heavy (non-hydrogen) atoms. The van der Waals surface area contributed by atoms with Gasteiger partial charge in [-0.05, 0) is 58.3 Å². The fourth-order valence-electron chi connectivity index (χ4n) is 4.23. The van der Waals surface area contributed by atoms with E-state index in [0.29, 0.717) is 6.04 Å². The molecule has 2 saturated heterocycles. The Kier molecular flexibility index (Phi) is 6.49. The van der Waals surface area contributed by atoms with Crippen LogP contribution in [0.1, 0.15) is 49.4 Å². The second-order valence-corrected chi connectivity index (χ2v) is 7.75. The SMILES string of the molecule is C[C@H]1CCCCN1CCN(C)C1CCN(C(=O)c2ccccc2)CC1. The minimum Gasteiger partial charge on any atom is -0.339 e. The lowest BCUT2D eigenvalue weighted by Gasteiger charge is -2.39. The van der Waals surface area contributed by atoms with Crippen LogP contribution in [0.3, 0.4) is 0 Å². The lowest BCUT2D eigenvalue weighted by Crippen LogP contribution is -2.48. The highest BCUT2D eigenvalue weighted by Crippen LogP contribution is 2.19. The minimum absolute atomic E-state index is 0.184. The van der Waals surface area contributed by atoms with Gasteiger partial charge in [-0.25, -0.2) is 0 Å². The van der Waals surface area contributed by atoms with Crippen LogP contribution in [-0.2, 0) is 0 Å². The van der Waals surface area contributed by atoms with Crippen molar-refractivity contribution in [1.29, 1.82) is 0 Å². The third-order valence-electron chi connectivity index (χ3n) is 6.08. The summed E-state index contributed by atoms with van der Waals surface area (Å²) >= 11 is 0. The first kappa shape index (κ1) is 18.4. The summed E-state index contributed by atoms with van der Waals surface area (Å²) in [6, 6.07) is 11.0. The van der Waals surface area contributed by atoms with Gasteiger partial charge in [-0.15, -0.1) is 0 Å². The molecule has 0 aliphatic carbocycles. The van der Waals surface area contributed by atoms with E-state index in [1.54, 1.807) is 0 Å². The van der Waals surface area contributed by atoms with Crippen LogP contribution in [0.5, 0.6) is 0 Å². The number of piperidine rings is 2. The van der Waals surface area contributed by atoms with Gasteiger partial charge in [0, 0.05) is 43.8 Å². The number of hydrogen-bond acceptors (Lipinski definition) is 3. The number of likely N-dealkylation sites (tertiary alicyclic amines) is 2. The quantitative estimate of drug-likeness (QED) is 0.822. The summed E-state index contributed by atoms with van der Waals surface area (Å²) in [5.41, 5.74) is 0.813. The van der Waals surface area contributed by atoms with Gasteiger partial charge in [0.2, 0.25) is 0 Å². The van der Waals surface area contributed by atoms with Crippen molar-refractivity contribution in [3.8, 4) is 0 Å². The molecule has 1 aromatic rings. The van der Waals surface area contributed by atoms with Crippen molar-refractivity contribution in [1.82, 2.24) is 14.7 Å². The predicted octanol–water partition coefficient (Wildman–Crippen LogP) is 3.10. The van der Waals surface area contributed by atoms with Crippen LogP contribution in [0.15, 0.2) is 30.3 Å². The normalized spacial score (nSPS) is 23.2. The van der Waals surface area contributed by atoms with Gasteiger partial charge < -0.3 is 9.80 Å². The first-order chi connectivity index (χ1) is 12.1. The molecule has 4 heteroatoms. The second kappa shape index (κ2) is 8.81. The lowest BCUT2D eigenvalue weighted by atomic mass is 10.0. The van der Waals surface area contributed by atoms with Crippen molar-refractivity contribution in [2.24, 2.45) is 0 Å². The number of rotatable bonds is 5. The molecule has 0 radical (unpaired) electrons. The van der Waals surface area contributed by atoms with Crippen LogP contribution in [-0.4, -0.2) is 72.5 Å². The summed E-state index contributed by atoms with van der Waals surface area (Å²) in [6.07, 6.45) is 6.27. The number of carbonyl (C=O) groups is 1. The lowest BCUT2D eigenvalue weighted by molar-refractivity contribution is 0.0621. The van der Waals surface area contributed by atoms with Gasteiger partial charge in [0.1, 0.15) is 0 Å². The number of nitrogens with zero attached hydrogens (tertiary/aromatic N) is 3. The Morgan fingerprint density at radius 3 is 2.48 bits per heavy atom. The van der Waals surface area contributed by atoms with E-state index in [4.69, 9.17) is 0 Å². The Morgan fingerprint density at radius 1 is 1.08 bits per heavy atom. The molecule has 1 atom stereocenters. The summed E-state index contributed by atoms with van der Waals surface area (Å²) in [6.45, 7) is 7.71.